The Morgan fingerprint density at radius 3 is 2.81 bits per heavy atom. The van der Waals surface area contributed by atoms with Crippen LogP contribution in [-0.4, -0.2) is 47.5 Å². The molecule has 0 aliphatic heterocycles. The summed E-state index contributed by atoms with van der Waals surface area (Å²) in [6.45, 7) is 2.66. The van der Waals surface area contributed by atoms with Crippen LogP contribution < -0.4 is 16.5 Å². The molecular weight excluding hydrogens is 407 g/mol. The maximum atomic E-state index is 6.42. The van der Waals surface area contributed by atoms with Gasteiger partial charge in [-0.05, 0) is 49.2 Å². The van der Waals surface area contributed by atoms with Crippen molar-refractivity contribution in [3.63, 3.8) is 0 Å². The Morgan fingerprint density at radius 2 is 2.00 bits per heavy atom. The fourth-order valence-electron chi connectivity index (χ4n) is 3.65. The second kappa shape index (κ2) is 9.41. The molecule has 0 amide bonds. The van der Waals surface area contributed by atoms with Gasteiger partial charge in [-0.3, -0.25) is 0 Å². The number of anilines is 2. The fourth-order valence-corrected chi connectivity index (χ4v) is 3.89. The van der Waals surface area contributed by atoms with Crippen LogP contribution in [0.25, 0.3) is 16.9 Å². The average molecular weight is 433 g/mol. The van der Waals surface area contributed by atoms with Crippen LogP contribution in [0, 0.1) is 0 Å². The smallest absolute Gasteiger partial charge is 0.151 e. The van der Waals surface area contributed by atoms with E-state index < -0.39 is 0 Å². The van der Waals surface area contributed by atoms with Crippen LogP contribution >= 0.6 is 11.6 Å². The van der Waals surface area contributed by atoms with E-state index in [1.165, 1.54) is 5.56 Å². The summed E-state index contributed by atoms with van der Waals surface area (Å²) in [5, 5.41) is 8.71. The molecule has 0 saturated carbocycles. The first-order chi connectivity index (χ1) is 15.0. The first-order valence-electron chi connectivity index (χ1n) is 10.4. The molecule has 0 spiro atoms. The van der Waals surface area contributed by atoms with Gasteiger partial charge < -0.3 is 16.0 Å². The van der Waals surface area contributed by atoms with Gasteiger partial charge in [0, 0.05) is 41.6 Å². The molecule has 0 saturated heterocycles. The maximum Gasteiger partial charge on any atom is 0.151 e. The number of nitrogens with one attached hydrogen (secondary N) is 1. The Labute approximate surface area is 188 Å². The molecule has 2 aromatic heterocycles. The molecule has 0 unspecified atom stereocenters. The van der Waals surface area contributed by atoms with Crippen LogP contribution in [0.2, 0.25) is 5.02 Å². The van der Waals surface area contributed by atoms with Gasteiger partial charge >= 0.3 is 0 Å². The van der Waals surface area contributed by atoms with Gasteiger partial charge in [-0.2, -0.15) is 9.61 Å². The van der Waals surface area contributed by atoms with Crippen LogP contribution in [0.4, 0.5) is 11.5 Å². The van der Waals surface area contributed by atoms with Crippen LogP contribution in [0.3, 0.4) is 0 Å². The highest BCUT2D eigenvalue weighted by atomic mass is 35.5. The van der Waals surface area contributed by atoms with E-state index in [2.05, 4.69) is 28.4 Å². The minimum absolute atomic E-state index is 0.686. The second-order valence-corrected chi connectivity index (χ2v) is 8.24. The van der Waals surface area contributed by atoms with Gasteiger partial charge in [0.15, 0.2) is 5.65 Å². The Morgan fingerprint density at radius 1 is 1.16 bits per heavy atom. The molecule has 2 heterocycles. The van der Waals surface area contributed by atoms with E-state index in [0.717, 1.165) is 59.9 Å². The van der Waals surface area contributed by atoms with Crippen molar-refractivity contribution in [2.45, 2.75) is 13.0 Å². The zero-order valence-corrected chi connectivity index (χ0v) is 18.6. The summed E-state index contributed by atoms with van der Waals surface area (Å²) < 4.78 is 1.85. The summed E-state index contributed by atoms with van der Waals surface area (Å²) >= 11 is 6.42. The number of rotatable bonds is 8. The molecule has 0 bridgehead atoms. The van der Waals surface area contributed by atoms with Crippen LogP contribution in [0.5, 0.6) is 0 Å². The van der Waals surface area contributed by atoms with E-state index in [9.17, 15) is 0 Å². The van der Waals surface area contributed by atoms with E-state index >= 15 is 0 Å². The molecule has 158 valence electrons. The first-order valence-corrected chi connectivity index (χ1v) is 10.8. The predicted octanol–water partition coefficient (Wildman–Crippen LogP) is 2.82. The highest BCUT2D eigenvalue weighted by Gasteiger charge is 2.12. The Bertz CT molecular complexity index is 1190. The molecule has 3 N–H and O–H groups in total. The molecule has 0 radical (unpaired) electrons. The first kappa shape index (κ1) is 21.2. The summed E-state index contributed by atoms with van der Waals surface area (Å²) in [6, 6.07) is 17.8. The van der Waals surface area contributed by atoms with Crippen molar-refractivity contribution in [2.24, 2.45) is 0 Å². The molecule has 0 atom stereocenters. The Kier molecular flexibility index (Phi) is 6.44. The van der Waals surface area contributed by atoms with E-state index in [1.54, 1.807) is 0 Å². The number of halogens is 1. The summed E-state index contributed by atoms with van der Waals surface area (Å²) in [4.78, 5) is 7.09. The maximum absolute atomic E-state index is 6.42. The van der Waals surface area contributed by atoms with E-state index in [4.69, 9.17) is 22.3 Å². The van der Waals surface area contributed by atoms with Crippen molar-refractivity contribution in [3.05, 3.63) is 71.4 Å². The van der Waals surface area contributed by atoms with E-state index in [-0.39, 0.29) is 0 Å². The monoisotopic (exact) mass is 432 g/mol. The number of hydrogen-bond donors (Lipinski definition) is 2. The molecule has 0 aliphatic carbocycles. The molecule has 4 aromatic rings. The van der Waals surface area contributed by atoms with Crippen LogP contribution in [0.15, 0.2) is 60.8 Å². The fraction of sp³-hybridized carbons (Fsp3) is 0.217. The lowest BCUT2D eigenvalue weighted by Gasteiger charge is -2.17. The van der Waals surface area contributed by atoms with Crippen LogP contribution in [0.1, 0.15) is 12.0 Å². The van der Waals surface area contributed by atoms with Gasteiger partial charge in [0.25, 0.3) is 0 Å². The number of fused-ring (bicyclic) bond motifs is 1. The predicted molar refractivity (Wildman–Crippen MR) is 132 cm³/mol. The minimum Gasteiger partial charge on any atom is -0.399 e. The van der Waals surface area contributed by atoms with Gasteiger partial charge in [0.1, 0.15) is 13.7 Å². The van der Waals surface area contributed by atoms with Gasteiger partial charge in [-0.25, -0.2) is 4.98 Å². The third-order valence-corrected chi connectivity index (χ3v) is 5.55. The second-order valence-electron chi connectivity index (χ2n) is 7.83. The highest BCUT2D eigenvalue weighted by molar-refractivity contribution is 6.36. The van der Waals surface area contributed by atoms with Gasteiger partial charge in [0.2, 0.25) is 0 Å². The van der Waals surface area contributed by atoms with Crippen LogP contribution in [-0.2, 0) is 6.54 Å². The SMILES string of the molecule is Bc1cnn2c(NCCCN(C)Cc3cccc(N)c3)cc(-c3ccccc3Cl)nc12. The number of aromatic nitrogens is 3. The molecule has 31 heavy (non-hydrogen) atoms. The standard InChI is InChI=1S/C23H26BClN6/c1-30(15-16-6-4-7-17(26)12-16)11-5-10-27-22-13-21(18-8-2-3-9-20(18)25)29-23-19(24)14-28-31(22)23/h2-4,6-9,12-14,27H,5,10-11,15,24,26H2,1H3. The number of nitrogens with two attached hydrogens (primary N) is 1. The Hall–Kier alpha value is -3.03. The van der Waals surface area contributed by atoms with Gasteiger partial charge in [0.05, 0.1) is 5.69 Å². The summed E-state index contributed by atoms with van der Waals surface area (Å²) in [7, 11) is 4.14. The molecule has 2 aromatic carbocycles. The largest absolute Gasteiger partial charge is 0.399 e. The third kappa shape index (κ3) is 5.01. The number of benzene rings is 2. The quantitative estimate of drug-likeness (QED) is 0.254. The lowest BCUT2D eigenvalue weighted by Crippen LogP contribution is -2.21. The molecule has 6 nitrogen and oxygen atoms in total. The van der Waals surface area contributed by atoms with Crippen molar-refractivity contribution in [1.82, 2.24) is 19.5 Å². The number of nitrogen functional groups attached to an aromatic ring is 1. The van der Waals surface area contributed by atoms with E-state index in [0.29, 0.717) is 5.02 Å². The number of nitrogens with zero attached hydrogens (tertiary/aromatic N) is 4. The summed E-state index contributed by atoms with van der Waals surface area (Å²) in [5.41, 5.74) is 11.5. The lowest BCUT2D eigenvalue weighted by molar-refractivity contribution is 0.325. The molecule has 4 rings (SSSR count). The van der Waals surface area contributed by atoms with Gasteiger partial charge in [-0.1, -0.05) is 41.9 Å². The average Bonchev–Trinajstić information content (AvgIpc) is 3.12. The Balaban J connectivity index is 1.44. The number of hydrogen-bond acceptors (Lipinski definition) is 5. The van der Waals surface area contributed by atoms with Crippen molar-refractivity contribution in [2.75, 3.05) is 31.2 Å². The zero-order valence-electron chi connectivity index (χ0n) is 17.8. The summed E-state index contributed by atoms with van der Waals surface area (Å²) in [5.74, 6) is 0.909. The van der Waals surface area contributed by atoms with Crippen molar-refractivity contribution >= 4 is 42.1 Å². The third-order valence-electron chi connectivity index (χ3n) is 5.22. The zero-order chi connectivity index (χ0) is 21.8. The van der Waals surface area contributed by atoms with Crippen molar-refractivity contribution in [3.8, 4) is 11.3 Å². The molecule has 8 heteroatoms. The van der Waals surface area contributed by atoms with Crippen molar-refractivity contribution in [1.29, 1.82) is 0 Å². The topological polar surface area (TPSA) is 71.5 Å². The molecule has 0 fully saturated rings. The van der Waals surface area contributed by atoms with Gasteiger partial charge in [-0.15, -0.1) is 0 Å². The normalized spacial score (nSPS) is 11.3. The molecule has 0 aliphatic rings. The minimum atomic E-state index is 0.686. The van der Waals surface area contributed by atoms with E-state index in [1.807, 2.05) is 67.1 Å². The van der Waals surface area contributed by atoms with Crippen molar-refractivity contribution < 1.29 is 0 Å². The lowest BCUT2D eigenvalue weighted by atomic mass is 10.0. The highest BCUT2D eigenvalue weighted by Crippen LogP contribution is 2.28. The summed E-state index contributed by atoms with van der Waals surface area (Å²) in [6.07, 6.45) is 2.83. The molecular formula is C23H26BClN6.